The van der Waals surface area contributed by atoms with Gasteiger partial charge in [0.05, 0.1) is 6.54 Å². The molecule has 0 aliphatic carbocycles. The maximum absolute atomic E-state index is 11.4. The van der Waals surface area contributed by atoms with Crippen LogP contribution < -0.4 is 5.32 Å². The molecule has 1 heterocycles. The molecule has 0 aromatic rings. The Morgan fingerprint density at radius 2 is 1.79 bits per heavy atom. The fourth-order valence-electron chi connectivity index (χ4n) is 1.93. The van der Waals surface area contributed by atoms with Gasteiger partial charge in [0.25, 0.3) is 0 Å². The van der Waals surface area contributed by atoms with Gasteiger partial charge >= 0.3 is 6.09 Å². The molecule has 1 fully saturated rings. The third-order valence-electron chi connectivity index (χ3n) is 2.89. The van der Waals surface area contributed by atoms with E-state index < -0.39 is 5.60 Å². The smallest absolute Gasteiger partial charge is 0.407 e. The number of carbonyl (C=O) groups excluding carboxylic acids is 2. The van der Waals surface area contributed by atoms with Gasteiger partial charge in [-0.1, -0.05) is 0 Å². The molecule has 1 N–H and O–H groups in total. The molecule has 1 aliphatic rings. The molecule has 6 nitrogen and oxygen atoms in total. The van der Waals surface area contributed by atoms with Crippen molar-refractivity contribution in [3.63, 3.8) is 0 Å². The van der Waals surface area contributed by atoms with Gasteiger partial charge in [0, 0.05) is 39.3 Å². The number of nitrogens with one attached hydrogen (secondary N) is 1. The SMILES string of the molecule is CC(C)(C)OC(=O)NCCN1CCN(CC=O)CC1. The van der Waals surface area contributed by atoms with Crippen LogP contribution in [0.3, 0.4) is 0 Å². The van der Waals surface area contributed by atoms with Crippen LogP contribution in [0.5, 0.6) is 0 Å². The number of piperazine rings is 1. The summed E-state index contributed by atoms with van der Waals surface area (Å²) in [6, 6.07) is 0. The molecule has 0 aromatic carbocycles. The van der Waals surface area contributed by atoms with Crippen molar-refractivity contribution in [2.24, 2.45) is 0 Å². The van der Waals surface area contributed by atoms with Crippen LogP contribution in [-0.4, -0.2) is 73.6 Å². The number of amides is 1. The Bertz CT molecular complexity index is 294. The lowest BCUT2D eigenvalue weighted by atomic mass is 10.2. The largest absolute Gasteiger partial charge is 0.444 e. The Hall–Kier alpha value is -1.14. The molecule has 0 unspecified atom stereocenters. The number of nitrogens with zero attached hydrogens (tertiary/aromatic N) is 2. The van der Waals surface area contributed by atoms with E-state index in [2.05, 4.69) is 15.1 Å². The van der Waals surface area contributed by atoms with Crippen molar-refractivity contribution in [1.29, 1.82) is 0 Å². The molecular weight excluding hydrogens is 246 g/mol. The highest BCUT2D eigenvalue weighted by atomic mass is 16.6. The summed E-state index contributed by atoms with van der Waals surface area (Å²) < 4.78 is 5.16. The minimum absolute atomic E-state index is 0.368. The quantitative estimate of drug-likeness (QED) is 0.730. The highest BCUT2D eigenvalue weighted by Gasteiger charge is 2.18. The van der Waals surface area contributed by atoms with Gasteiger partial charge in [0.15, 0.2) is 0 Å². The van der Waals surface area contributed by atoms with E-state index >= 15 is 0 Å². The maximum atomic E-state index is 11.4. The second-order valence-electron chi connectivity index (χ2n) is 5.74. The van der Waals surface area contributed by atoms with Crippen LogP contribution in [-0.2, 0) is 9.53 Å². The van der Waals surface area contributed by atoms with E-state index in [1.165, 1.54) is 0 Å². The first-order chi connectivity index (χ1) is 8.90. The molecule has 0 aromatic heterocycles. The number of hydrogen-bond donors (Lipinski definition) is 1. The predicted octanol–water partition coefficient (Wildman–Crippen LogP) is 0.328. The zero-order chi connectivity index (χ0) is 14.3. The minimum atomic E-state index is -0.454. The lowest BCUT2D eigenvalue weighted by molar-refractivity contribution is -0.109. The van der Waals surface area contributed by atoms with E-state index in [1.807, 2.05) is 20.8 Å². The summed E-state index contributed by atoms with van der Waals surface area (Å²) in [6.07, 6.45) is 0.576. The fourth-order valence-corrected chi connectivity index (χ4v) is 1.93. The third-order valence-corrected chi connectivity index (χ3v) is 2.89. The van der Waals surface area contributed by atoms with Crippen molar-refractivity contribution in [2.75, 3.05) is 45.8 Å². The van der Waals surface area contributed by atoms with Crippen LogP contribution in [0.1, 0.15) is 20.8 Å². The first-order valence-corrected chi connectivity index (χ1v) is 6.76. The summed E-state index contributed by atoms with van der Waals surface area (Å²) in [5.74, 6) is 0. The van der Waals surface area contributed by atoms with Crippen molar-refractivity contribution >= 4 is 12.4 Å². The van der Waals surface area contributed by atoms with E-state index in [-0.39, 0.29) is 6.09 Å². The zero-order valence-electron chi connectivity index (χ0n) is 12.1. The summed E-state index contributed by atoms with van der Waals surface area (Å²) in [7, 11) is 0. The van der Waals surface area contributed by atoms with E-state index in [9.17, 15) is 9.59 Å². The fraction of sp³-hybridized carbons (Fsp3) is 0.846. The van der Waals surface area contributed by atoms with Gasteiger partial charge in [0.2, 0.25) is 0 Å². The first kappa shape index (κ1) is 15.9. The van der Waals surface area contributed by atoms with Gasteiger partial charge in [0.1, 0.15) is 11.9 Å². The summed E-state index contributed by atoms with van der Waals surface area (Å²) in [5, 5.41) is 2.75. The number of alkyl carbamates (subject to hydrolysis) is 1. The molecule has 0 spiro atoms. The van der Waals surface area contributed by atoms with Crippen LogP contribution in [0.25, 0.3) is 0 Å². The van der Waals surface area contributed by atoms with Crippen LogP contribution in [0.2, 0.25) is 0 Å². The Morgan fingerprint density at radius 3 is 2.32 bits per heavy atom. The number of rotatable bonds is 5. The highest BCUT2D eigenvalue weighted by molar-refractivity contribution is 5.67. The van der Waals surface area contributed by atoms with E-state index in [0.717, 1.165) is 39.0 Å². The van der Waals surface area contributed by atoms with Crippen molar-refractivity contribution in [2.45, 2.75) is 26.4 Å². The third kappa shape index (κ3) is 7.12. The van der Waals surface area contributed by atoms with Gasteiger partial charge in [-0.2, -0.15) is 0 Å². The number of aldehydes is 1. The van der Waals surface area contributed by atoms with Gasteiger partial charge in [-0.25, -0.2) is 4.79 Å². The van der Waals surface area contributed by atoms with Crippen LogP contribution >= 0.6 is 0 Å². The predicted molar refractivity (Wildman–Crippen MR) is 73.2 cm³/mol. The molecular formula is C13H25N3O3. The van der Waals surface area contributed by atoms with Crippen molar-refractivity contribution < 1.29 is 14.3 Å². The van der Waals surface area contributed by atoms with E-state index in [4.69, 9.17) is 4.74 Å². The standard InChI is InChI=1S/C13H25N3O3/c1-13(2,3)19-12(18)14-4-5-15-6-8-16(9-7-15)10-11-17/h11H,4-10H2,1-3H3,(H,14,18). The molecule has 110 valence electrons. The monoisotopic (exact) mass is 271 g/mol. The summed E-state index contributed by atoms with van der Waals surface area (Å²) in [4.78, 5) is 26.2. The van der Waals surface area contributed by atoms with E-state index in [0.29, 0.717) is 13.1 Å². The second-order valence-corrected chi connectivity index (χ2v) is 5.74. The Labute approximate surface area is 115 Å². The minimum Gasteiger partial charge on any atom is -0.444 e. The topological polar surface area (TPSA) is 61.9 Å². The maximum Gasteiger partial charge on any atom is 0.407 e. The summed E-state index contributed by atoms with van der Waals surface area (Å²) in [5.41, 5.74) is -0.454. The van der Waals surface area contributed by atoms with Gasteiger partial charge in [-0.05, 0) is 20.8 Å². The average molecular weight is 271 g/mol. The highest BCUT2D eigenvalue weighted by Crippen LogP contribution is 2.06. The van der Waals surface area contributed by atoms with Crippen LogP contribution in [0.15, 0.2) is 0 Å². The number of carbonyl (C=O) groups is 2. The molecule has 0 bridgehead atoms. The van der Waals surface area contributed by atoms with Crippen molar-refractivity contribution in [1.82, 2.24) is 15.1 Å². The molecule has 0 saturated carbocycles. The molecule has 19 heavy (non-hydrogen) atoms. The van der Waals surface area contributed by atoms with Crippen LogP contribution in [0.4, 0.5) is 4.79 Å². The van der Waals surface area contributed by atoms with Gasteiger partial charge in [-0.15, -0.1) is 0 Å². The normalized spacial score (nSPS) is 18.1. The lowest BCUT2D eigenvalue weighted by Gasteiger charge is -2.33. The summed E-state index contributed by atoms with van der Waals surface area (Å²) >= 11 is 0. The molecule has 0 atom stereocenters. The van der Waals surface area contributed by atoms with Crippen LogP contribution in [0, 0.1) is 0 Å². The molecule has 1 amide bonds. The molecule has 1 rings (SSSR count). The Kier molecular flexibility index (Phi) is 6.24. The number of hydrogen-bond acceptors (Lipinski definition) is 5. The molecule has 1 aliphatic heterocycles. The molecule has 6 heteroatoms. The number of ether oxygens (including phenoxy) is 1. The molecule has 1 saturated heterocycles. The van der Waals surface area contributed by atoms with Gasteiger partial charge < -0.3 is 14.8 Å². The second kappa shape index (κ2) is 7.45. The molecule has 0 radical (unpaired) electrons. The van der Waals surface area contributed by atoms with Gasteiger partial charge in [-0.3, -0.25) is 9.80 Å². The Balaban J connectivity index is 2.11. The summed E-state index contributed by atoms with van der Waals surface area (Å²) in [6.45, 7) is 11.1. The zero-order valence-corrected chi connectivity index (χ0v) is 12.1. The first-order valence-electron chi connectivity index (χ1n) is 6.76. The van der Waals surface area contributed by atoms with Crippen molar-refractivity contribution in [3.05, 3.63) is 0 Å². The Morgan fingerprint density at radius 1 is 1.21 bits per heavy atom. The average Bonchev–Trinajstić information content (AvgIpc) is 2.29. The van der Waals surface area contributed by atoms with E-state index in [1.54, 1.807) is 0 Å². The lowest BCUT2D eigenvalue weighted by Crippen LogP contribution is -2.49. The van der Waals surface area contributed by atoms with Crippen molar-refractivity contribution in [3.8, 4) is 0 Å².